The lowest BCUT2D eigenvalue weighted by Gasteiger charge is -2.09. The number of carbonyl (C=O) groups excluding carboxylic acids is 2. The van der Waals surface area contributed by atoms with Crippen molar-refractivity contribution in [2.24, 2.45) is 0 Å². The summed E-state index contributed by atoms with van der Waals surface area (Å²) in [5.74, 6) is 0.771. The number of anilines is 2. The SMILES string of the molecule is CC(C)c1nc2ccc(C(=O)NCc3ccc(C(=O)Nc4ccccc4N)cc3)cc2[nH]1. The molecule has 162 valence electrons. The normalized spacial score (nSPS) is 11.0. The van der Waals surface area contributed by atoms with E-state index in [-0.39, 0.29) is 17.7 Å². The summed E-state index contributed by atoms with van der Waals surface area (Å²) in [6.07, 6.45) is 0. The van der Waals surface area contributed by atoms with Gasteiger partial charge in [-0.2, -0.15) is 0 Å². The summed E-state index contributed by atoms with van der Waals surface area (Å²) in [6, 6.07) is 19.6. The molecule has 7 heteroatoms. The molecule has 0 saturated heterocycles. The van der Waals surface area contributed by atoms with Gasteiger partial charge in [-0.25, -0.2) is 4.98 Å². The molecule has 0 aliphatic rings. The molecular weight excluding hydrogens is 402 g/mol. The van der Waals surface area contributed by atoms with Crippen molar-refractivity contribution < 1.29 is 9.59 Å². The van der Waals surface area contributed by atoms with Crippen molar-refractivity contribution in [2.75, 3.05) is 11.1 Å². The number of nitrogens with zero attached hydrogens (tertiary/aromatic N) is 1. The van der Waals surface area contributed by atoms with Gasteiger partial charge in [-0.3, -0.25) is 9.59 Å². The van der Waals surface area contributed by atoms with Crippen molar-refractivity contribution in [1.29, 1.82) is 0 Å². The van der Waals surface area contributed by atoms with Crippen LogP contribution in [0.1, 0.15) is 51.9 Å². The van der Waals surface area contributed by atoms with Crippen LogP contribution >= 0.6 is 0 Å². The van der Waals surface area contributed by atoms with Crippen LogP contribution in [0.15, 0.2) is 66.7 Å². The van der Waals surface area contributed by atoms with Gasteiger partial charge in [0.05, 0.1) is 22.4 Å². The number of imidazole rings is 1. The summed E-state index contributed by atoms with van der Waals surface area (Å²) >= 11 is 0. The molecule has 0 aliphatic heterocycles. The largest absolute Gasteiger partial charge is 0.397 e. The topological polar surface area (TPSA) is 113 Å². The number of nitrogens with one attached hydrogen (secondary N) is 3. The number of amides is 2. The Morgan fingerprint density at radius 1 is 0.969 bits per heavy atom. The lowest BCUT2D eigenvalue weighted by molar-refractivity contribution is 0.0950. The second-order valence-corrected chi connectivity index (χ2v) is 7.93. The monoisotopic (exact) mass is 427 g/mol. The molecule has 4 aromatic rings. The number of nitrogens with two attached hydrogens (primary N) is 1. The second-order valence-electron chi connectivity index (χ2n) is 7.93. The molecule has 0 spiro atoms. The van der Waals surface area contributed by atoms with Crippen molar-refractivity contribution in [3.63, 3.8) is 0 Å². The molecule has 3 aromatic carbocycles. The number of aromatic nitrogens is 2. The van der Waals surface area contributed by atoms with E-state index in [1.165, 1.54) is 0 Å². The van der Waals surface area contributed by atoms with Crippen molar-refractivity contribution >= 4 is 34.2 Å². The highest BCUT2D eigenvalue weighted by Gasteiger charge is 2.11. The van der Waals surface area contributed by atoms with Gasteiger partial charge >= 0.3 is 0 Å². The fourth-order valence-corrected chi connectivity index (χ4v) is 3.31. The van der Waals surface area contributed by atoms with Crippen molar-refractivity contribution in [2.45, 2.75) is 26.3 Å². The summed E-state index contributed by atoms with van der Waals surface area (Å²) in [4.78, 5) is 32.8. The highest BCUT2D eigenvalue weighted by Crippen LogP contribution is 2.19. The first-order valence-electron chi connectivity index (χ1n) is 10.4. The number of hydrogen-bond acceptors (Lipinski definition) is 4. The smallest absolute Gasteiger partial charge is 0.255 e. The Kier molecular flexibility index (Phi) is 5.89. The molecule has 4 rings (SSSR count). The molecule has 1 aromatic heterocycles. The Morgan fingerprint density at radius 3 is 2.41 bits per heavy atom. The highest BCUT2D eigenvalue weighted by atomic mass is 16.2. The highest BCUT2D eigenvalue weighted by molar-refractivity contribution is 6.05. The maximum Gasteiger partial charge on any atom is 0.255 e. The summed E-state index contributed by atoms with van der Waals surface area (Å²) in [5, 5.41) is 5.71. The minimum atomic E-state index is -0.243. The fraction of sp³-hybridized carbons (Fsp3) is 0.160. The van der Waals surface area contributed by atoms with Crippen LogP contribution in [0.3, 0.4) is 0 Å². The number of rotatable bonds is 6. The zero-order chi connectivity index (χ0) is 22.7. The predicted molar refractivity (Wildman–Crippen MR) is 127 cm³/mol. The molecule has 0 bridgehead atoms. The third kappa shape index (κ3) is 4.62. The maximum absolute atomic E-state index is 12.6. The van der Waals surface area contributed by atoms with Gasteiger partial charge in [-0.05, 0) is 48.0 Å². The summed E-state index contributed by atoms with van der Waals surface area (Å²) < 4.78 is 0. The summed E-state index contributed by atoms with van der Waals surface area (Å²) in [5.41, 5.74) is 10.6. The van der Waals surface area contributed by atoms with E-state index in [0.717, 1.165) is 22.4 Å². The zero-order valence-electron chi connectivity index (χ0n) is 18.0. The Hall–Kier alpha value is -4.13. The van der Waals surface area contributed by atoms with Gasteiger partial charge in [0.15, 0.2) is 0 Å². The van der Waals surface area contributed by atoms with Gasteiger partial charge in [0.25, 0.3) is 11.8 Å². The Bertz CT molecular complexity index is 1280. The molecule has 0 radical (unpaired) electrons. The van der Waals surface area contributed by atoms with Gasteiger partial charge in [0.1, 0.15) is 5.82 Å². The molecule has 7 nitrogen and oxygen atoms in total. The first kappa shape index (κ1) is 21.1. The molecule has 32 heavy (non-hydrogen) atoms. The molecule has 1 heterocycles. The average Bonchev–Trinajstić information content (AvgIpc) is 3.23. The van der Waals surface area contributed by atoms with E-state index in [2.05, 4.69) is 34.4 Å². The number of hydrogen-bond donors (Lipinski definition) is 4. The van der Waals surface area contributed by atoms with Crippen molar-refractivity contribution in [1.82, 2.24) is 15.3 Å². The van der Waals surface area contributed by atoms with E-state index in [0.29, 0.717) is 29.0 Å². The predicted octanol–water partition coefficient (Wildman–Crippen LogP) is 4.45. The average molecular weight is 428 g/mol. The quantitative estimate of drug-likeness (QED) is 0.341. The van der Waals surface area contributed by atoms with Crippen LogP contribution in [-0.2, 0) is 6.54 Å². The minimum Gasteiger partial charge on any atom is -0.397 e. The van der Waals surface area contributed by atoms with Crippen LogP contribution in [0, 0.1) is 0 Å². The molecule has 2 amide bonds. The molecule has 0 saturated carbocycles. The maximum atomic E-state index is 12.6. The molecule has 0 atom stereocenters. The van der Waals surface area contributed by atoms with Crippen LogP contribution in [0.4, 0.5) is 11.4 Å². The Labute approximate surface area is 186 Å². The number of H-pyrrole nitrogens is 1. The van der Waals surface area contributed by atoms with E-state index in [1.807, 2.05) is 36.4 Å². The van der Waals surface area contributed by atoms with Crippen LogP contribution in [0.2, 0.25) is 0 Å². The molecule has 0 unspecified atom stereocenters. The van der Waals surface area contributed by atoms with E-state index < -0.39 is 0 Å². The molecule has 0 fully saturated rings. The number of aromatic amines is 1. The summed E-state index contributed by atoms with van der Waals surface area (Å²) in [7, 11) is 0. The number of para-hydroxylation sites is 2. The second kappa shape index (κ2) is 8.93. The summed E-state index contributed by atoms with van der Waals surface area (Å²) in [6.45, 7) is 4.49. The fourth-order valence-electron chi connectivity index (χ4n) is 3.31. The van der Waals surface area contributed by atoms with Crippen molar-refractivity contribution in [3.05, 3.63) is 89.2 Å². The standard InChI is InChI=1S/C25H25N5O2/c1-15(2)23-28-21-12-11-18(13-22(21)29-23)24(31)27-14-16-7-9-17(10-8-16)25(32)30-20-6-4-3-5-19(20)26/h3-13,15H,14,26H2,1-2H3,(H,27,31)(H,28,29)(H,30,32). The first-order valence-corrected chi connectivity index (χ1v) is 10.4. The minimum absolute atomic E-state index is 0.172. The molecule has 5 N–H and O–H groups in total. The third-order valence-corrected chi connectivity index (χ3v) is 5.19. The van der Waals surface area contributed by atoms with Gasteiger partial charge in [-0.1, -0.05) is 38.1 Å². The van der Waals surface area contributed by atoms with E-state index in [4.69, 9.17) is 5.73 Å². The van der Waals surface area contributed by atoms with E-state index in [1.54, 1.807) is 30.3 Å². The van der Waals surface area contributed by atoms with Crippen LogP contribution < -0.4 is 16.4 Å². The lowest BCUT2D eigenvalue weighted by Crippen LogP contribution is -2.22. The van der Waals surface area contributed by atoms with Gasteiger partial charge in [0.2, 0.25) is 0 Å². The van der Waals surface area contributed by atoms with E-state index >= 15 is 0 Å². The van der Waals surface area contributed by atoms with Gasteiger partial charge < -0.3 is 21.4 Å². The van der Waals surface area contributed by atoms with Crippen LogP contribution in [0.5, 0.6) is 0 Å². The Balaban J connectivity index is 1.37. The molecular formula is C25H25N5O2. The zero-order valence-corrected chi connectivity index (χ0v) is 18.0. The van der Waals surface area contributed by atoms with Gasteiger partial charge in [0, 0.05) is 23.6 Å². The molecule has 0 aliphatic carbocycles. The van der Waals surface area contributed by atoms with E-state index in [9.17, 15) is 9.59 Å². The van der Waals surface area contributed by atoms with Crippen LogP contribution in [0.25, 0.3) is 11.0 Å². The third-order valence-electron chi connectivity index (χ3n) is 5.19. The van der Waals surface area contributed by atoms with Crippen molar-refractivity contribution in [3.8, 4) is 0 Å². The lowest BCUT2D eigenvalue weighted by atomic mass is 10.1. The van der Waals surface area contributed by atoms with Crippen LogP contribution in [-0.4, -0.2) is 21.8 Å². The first-order chi connectivity index (χ1) is 15.4. The number of carbonyl (C=O) groups is 2. The number of fused-ring (bicyclic) bond motifs is 1. The van der Waals surface area contributed by atoms with Gasteiger partial charge in [-0.15, -0.1) is 0 Å². The Morgan fingerprint density at radius 2 is 1.69 bits per heavy atom. The number of nitrogen functional groups attached to an aromatic ring is 1. The number of benzene rings is 3.